The molecule has 4 rings (SSSR count). The van der Waals surface area contributed by atoms with Gasteiger partial charge < -0.3 is 14.2 Å². The second-order valence-corrected chi connectivity index (χ2v) is 6.50. The van der Waals surface area contributed by atoms with Gasteiger partial charge in [0.25, 0.3) is 0 Å². The Labute approximate surface area is 173 Å². The summed E-state index contributed by atoms with van der Waals surface area (Å²) in [4.78, 5) is 24.3. The molecule has 30 heavy (non-hydrogen) atoms. The van der Waals surface area contributed by atoms with Crippen molar-refractivity contribution >= 4 is 23.9 Å². The number of fused-ring (bicyclic) bond motifs is 1. The first kappa shape index (κ1) is 19.2. The van der Waals surface area contributed by atoms with Crippen LogP contribution in [0.3, 0.4) is 0 Å². The fraction of sp³-hybridized carbons (Fsp3) is 0.0400. The van der Waals surface area contributed by atoms with Gasteiger partial charge in [-0.15, -0.1) is 0 Å². The van der Waals surface area contributed by atoms with E-state index < -0.39 is 5.97 Å². The highest BCUT2D eigenvalue weighted by Crippen LogP contribution is 2.32. The minimum Gasteiger partial charge on any atom is -0.454 e. The second kappa shape index (κ2) is 8.92. The van der Waals surface area contributed by atoms with Crippen molar-refractivity contribution < 1.29 is 23.8 Å². The highest BCUT2D eigenvalue weighted by Gasteiger charge is 2.12. The van der Waals surface area contributed by atoms with Crippen LogP contribution in [0.1, 0.15) is 21.5 Å². The lowest BCUT2D eigenvalue weighted by molar-refractivity contribution is -0.128. The van der Waals surface area contributed by atoms with Gasteiger partial charge in [-0.25, -0.2) is 4.79 Å². The summed E-state index contributed by atoms with van der Waals surface area (Å²) >= 11 is 0. The molecule has 1 heterocycles. The lowest BCUT2D eigenvalue weighted by Gasteiger charge is -2.02. The van der Waals surface area contributed by atoms with Gasteiger partial charge in [-0.3, -0.25) is 4.79 Å². The van der Waals surface area contributed by atoms with Gasteiger partial charge in [-0.05, 0) is 59.7 Å². The molecule has 0 atom stereocenters. The number of esters is 1. The van der Waals surface area contributed by atoms with E-state index in [0.717, 1.165) is 11.1 Å². The van der Waals surface area contributed by atoms with E-state index in [1.165, 1.54) is 12.2 Å². The van der Waals surface area contributed by atoms with Gasteiger partial charge in [0.2, 0.25) is 6.79 Å². The lowest BCUT2D eigenvalue weighted by Crippen LogP contribution is -2.04. The number of allylic oxidation sites excluding steroid dienone is 1. The van der Waals surface area contributed by atoms with Crippen LogP contribution in [0, 0.1) is 0 Å². The molecule has 0 spiro atoms. The minimum absolute atomic E-state index is 0.158. The van der Waals surface area contributed by atoms with Crippen molar-refractivity contribution in [3.8, 4) is 17.2 Å². The van der Waals surface area contributed by atoms with Crippen LogP contribution in [0.15, 0.2) is 84.9 Å². The van der Waals surface area contributed by atoms with Crippen LogP contribution in [0.4, 0.5) is 0 Å². The van der Waals surface area contributed by atoms with Crippen LogP contribution in [0.25, 0.3) is 12.2 Å². The molecule has 1 aliphatic heterocycles. The molecule has 0 fully saturated rings. The molecule has 3 aromatic carbocycles. The summed E-state index contributed by atoms with van der Waals surface area (Å²) in [6.45, 7) is 0.209. The van der Waals surface area contributed by atoms with E-state index in [4.69, 9.17) is 14.2 Å². The van der Waals surface area contributed by atoms with Crippen molar-refractivity contribution in [3.05, 3.63) is 102 Å². The molecule has 5 nitrogen and oxygen atoms in total. The average molecular weight is 398 g/mol. The zero-order valence-corrected chi connectivity index (χ0v) is 16.0. The van der Waals surface area contributed by atoms with Crippen molar-refractivity contribution in [2.45, 2.75) is 0 Å². The Kier molecular flexibility index (Phi) is 5.71. The van der Waals surface area contributed by atoms with Gasteiger partial charge in [-0.1, -0.05) is 42.5 Å². The second-order valence-electron chi connectivity index (χ2n) is 6.50. The molecule has 1 aliphatic rings. The molecular weight excluding hydrogens is 380 g/mol. The Balaban J connectivity index is 1.35. The minimum atomic E-state index is -0.486. The maximum Gasteiger partial charge on any atom is 0.336 e. The molecule has 5 heteroatoms. The van der Waals surface area contributed by atoms with E-state index >= 15 is 0 Å². The maximum atomic E-state index is 12.4. The third-order valence-electron chi connectivity index (χ3n) is 4.39. The molecular formula is C25H18O5. The molecule has 0 unspecified atom stereocenters. The molecule has 3 aromatic rings. The summed E-state index contributed by atoms with van der Waals surface area (Å²) in [6, 6.07) is 21.4. The first-order chi connectivity index (χ1) is 14.7. The number of hydrogen-bond donors (Lipinski definition) is 0. The SMILES string of the molecule is O=C(/C=C/c1ccccc1)Oc1ccc(C(=O)C=Cc2ccc3c(c2)OCO3)cc1. The zero-order valence-electron chi connectivity index (χ0n) is 16.0. The van der Waals surface area contributed by atoms with Crippen molar-refractivity contribution in [2.75, 3.05) is 6.79 Å². The van der Waals surface area contributed by atoms with Gasteiger partial charge in [0.15, 0.2) is 17.3 Å². The molecule has 0 bridgehead atoms. The van der Waals surface area contributed by atoms with Crippen LogP contribution in [0.5, 0.6) is 17.2 Å². The Bertz CT molecular complexity index is 1110. The third kappa shape index (κ3) is 4.83. The molecule has 0 aliphatic carbocycles. The van der Waals surface area contributed by atoms with Crippen LogP contribution in [-0.4, -0.2) is 18.5 Å². The molecule has 0 radical (unpaired) electrons. The quantitative estimate of drug-likeness (QED) is 0.255. The smallest absolute Gasteiger partial charge is 0.336 e. The average Bonchev–Trinajstić information content (AvgIpc) is 3.25. The van der Waals surface area contributed by atoms with Gasteiger partial charge in [0, 0.05) is 11.6 Å². The Hall–Kier alpha value is -4.12. The Morgan fingerprint density at radius 2 is 1.50 bits per heavy atom. The predicted octanol–water partition coefficient (Wildman–Crippen LogP) is 4.93. The number of carbonyl (C=O) groups excluding carboxylic acids is 2. The monoisotopic (exact) mass is 398 g/mol. The summed E-state index contributed by atoms with van der Waals surface area (Å²) < 4.78 is 15.9. The number of benzene rings is 3. The van der Waals surface area contributed by atoms with E-state index in [1.54, 1.807) is 36.4 Å². The van der Waals surface area contributed by atoms with E-state index in [9.17, 15) is 9.59 Å². The van der Waals surface area contributed by atoms with Gasteiger partial charge in [0.05, 0.1) is 0 Å². The zero-order chi connectivity index (χ0) is 20.8. The highest BCUT2D eigenvalue weighted by molar-refractivity contribution is 6.06. The van der Waals surface area contributed by atoms with Crippen molar-refractivity contribution in [2.24, 2.45) is 0 Å². The topological polar surface area (TPSA) is 61.8 Å². The summed E-state index contributed by atoms with van der Waals surface area (Å²) in [6.07, 6.45) is 6.25. The first-order valence-electron chi connectivity index (χ1n) is 9.34. The van der Waals surface area contributed by atoms with Crippen LogP contribution in [0.2, 0.25) is 0 Å². The van der Waals surface area contributed by atoms with Gasteiger partial charge >= 0.3 is 5.97 Å². The normalized spacial score (nSPS) is 12.4. The number of hydrogen-bond acceptors (Lipinski definition) is 5. The molecule has 0 saturated heterocycles. The van der Waals surface area contributed by atoms with E-state index in [1.807, 2.05) is 48.5 Å². The first-order valence-corrected chi connectivity index (χ1v) is 9.34. The number of carbonyl (C=O) groups is 2. The predicted molar refractivity (Wildman–Crippen MR) is 113 cm³/mol. The van der Waals surface area contributed by atoms with Crippen LogP contribution < -0.4 is 14.2 Å². The molecule has 0 aromatic heterocycles. The number of rotatable bonds is 6. The molecule has 148 valence electrons. The Morgan fingerprint density at radius 3 is 2.30 bits per heavy atom. The fourth-order valence-electron chi connectivity index (χ4n) is 2.85. The molecule has 0 amide bonds. The fourth-order valence-corrected chi connectivity index (χ4v) is 2.85. The molecule has 0 saturated carbocycles. The number of ketones is 1. The van der Waals surface area contributed by atoms with E-state index in [2.05, 4.69) is 0 Å². The van der Waals surface area contributed by atoms with Crippen molar-refractivity contribution in [3.63, 3.8) is 0 Å². The summed E-state index contributed by atoms with van der Waals surface area (Å²) in [5.41, 5.74) is 2.24. The van der Waals surface area contributed by atoms with E-state index in [-0.39, 0.29) is 12.6 Å². The summed E-state index contributed by atoms with van der Waals surface area (Å²) in [5, 5.41) is 0. The van der Waals surface area contributed by atoms with Crippen molar-refractivity contribution in [1.82, 2.24) is 0 Å². The standard InChI is InChI=1S/C25H18O5/c26-22(13-6-19-7-14-23-24(16-19)29-17-28-23)20-9-11-21(12-10-20)30-25(27)15-8-18-4-2-1-3-5-18/h1-16H,17H2/b13-6?,15-8+. The summed E-state index contributed by atoms with van der Waals surface area (Å²) in [5.74, 6) is 1.09. The largest absolute Gasteiger partial charge is 0.454 e. The highest BCUT2D eigenvalue weighted by atomic mass is 16.7. The van der Waals surface area contributed by atoms with Crippen LogP contribution in [-0.2, 0) is 4.79 Å². The number of ether oxygens (including phenoxy) is 3. The van der Waals surface area contributed by atoms with Gasteiger partial charge in [0.1, 0.15) is 5.75 Å². The summed E-state index contributed by atoms with van der Waals surface area (Å²) in [7, 11) is 0. The van der Waals surface area contributed by atoms with Crippen LogP contribution >= 0.6 is 0 Å². The van der Waals surface area contributed by atoms with E-state index in [0.29, 0.717) is 22.8 Å². The maximum absolute atomic E-state index is 12.4. The van der Waals surface area contributed by atoms with Gasteiger partial charge in [-0.2, -0.15) is 0 Å². The lowest BCUT2D eigenvalue weighted by atomic mass is 10.1. The molecule has 0 N–H and O–H groups in total. The Morgan fingerprint density at radius 1 is 0.767 bits per heavy atom. The van der Waals surface area contributed by atoms with Crippen molar-refractivity contribution in [1.29, 1.82) is 0 Å². The third-order valence-corrected chi connectivity index (χ3v) is 4.39.